The van der Waals surface area contributed by atoms with Gasteiger partial charge in [-0.05, 0) is 65.0 Å². The van der Waals surface area contributed by atoms with E-state index in [0.29, 0.717) is 48.3 Å². The SMILES string of the molecule is CC(C)(C)OC(=O)N[C@@H](CCCCNC(=O)C(F)(F)I)C(=O)O[C@H]1[C@@H](O)[C@H](n2cnc3c(N)ncnc32)O[C@@H]1CO.C[C@@H](CCCCNC(=O)C(F)(F)F)C(=O)OCC#N.N=C(N)/C=C\N(C=O)[C@H]1C[C@H](O[P+](=O)O)[C@@H](COP(=O)(O)O)O1.Nc1ccn([C@H]2C[C@H](O[P+](O)(O)OC[C@H]3O[C@@H](n4cnc5c(N)ncnc54)[C@H](O)[C@@H]3O)[C@@H](COP=O)O2)c(=O)n1.O.O. The van der Waals surface area contributed by atoms with Crippen molar-refractivity contribution in [3.63, 3.8) is 0 Å². The highest BCUT2D eigenvalue weighted by molar-refractivity contribution is 14.1. The van der Waals surface area contributed by atoms with E-state index in [9.17, 15) is 99.4 Å². The van der Waals surface area contributed by atoms with Gasteiger partial charge in [-0.1, -0.05) is 13.3 Å². The van der Waals surface area contributed by atoms with Gasteiger partial charge in [-0.3, -0.25) is 52.2 Å². The number of alkyl carbamates (subject to hydrolysis) is 1. The van der Waals surface area contributed by atoms with Crippen molar-refractivity contribution in [1.82, 2.24) is 69.4 Å². The fourth-order valence-corrected chi connectivity index (χ4v) is 13.6. The van der Waals surface area contributed by atoms with Crippen molar-refractivity contribution in [2.24, 2.45) is 11.7 Å². The zero-order valence-corrected chi connectivity index (χ0v) is 71.5. The molecule has 0 aromatic carbocycles. The number of hydrogen-bond acceptors (Lipinski definition) is 40. The summed E-state index contributed by atoms with van der Waals surface area (Å²) in [5.41, 5.74) is 21.7. The number of aliphatic hydroxyl groups is 4. The standard InChI is InChI=1S/C23H32F2IN7O8.C19H24N8O11P2.C11H15F3N2O3.C9H15N3O9P2.2H2O/c1-22(2,3)41-21(38)32-11(6-4-5-7-28-20(37)23(24,25)26)19(36)40-15-12(8-34)39-18(14(15)35)33-10-31-13-16(27)29-9-30-17(13)33;20-11-1-2-26(19(30)25-11)12-3-8(9(36-12)4-34-39-31)38-40(32,33)35-5-10-14(28)15(29)18(37-10)27-7-24-13-16(21)22-6-23-17(13)27;1-8(9(17)19-7-5-15)4-2-3-6-16-10(18)11(12,13)14;10-8(11)1-2-12(5-13)9-3-6(21-22(14)15)7(20-9)4-19-23(16,17)18;;/h9-12,14-15,18,34-35H,4-8H2,1-3H3,(H,28,37)(H,32,38)(H2,27,29,30);1-2,6-10,12,14-15,18,28-29,32-33H,3-5H2,(H3-,20,21,22,23,25,30);8H,2-4,6-7H2,1H3,(H,16,18);1-2,5-7,9H,3-4H2,(H5-,10,11,14,15,16,17,18);2*1H2/p+2/b;;;2-1-;;/t11-,12+,14+,15+,18+;8-,9+,10+,12+,14+,15+,18+;8-;6-,7+,9+;;/m0000../s1. The number of anilines is 3. The van der Waals surface area contributed by atoms with Crippen molar-refractivity contribution in [3.8, 4) is 6.07 Å². The van der Waals surface area contributed by atoms with Gasteiger partial charge < -0.3 is 113 Å². The summed E-state index contributed by atoms with van der Waals surface area (Å²) in [6, 6.07) is 1.76. The zero-order valence-electron chi connectivity index (χ0n) is 65.8. The number of amides is 4. The molecule has 0 radical (unpaired) electrons. The number of carbonyl (C=O) groups is 6. The van der Waals surface area contributed by atoms with Crippen LogP contribution < -0.4 is 44.6 Å². The summed E-state index contributed by atoms with van der Waals surface area (Å²) in [7, 11) is -13.0. The Bertz CT molecular complexity index is 4620. The number of phosphoric acid groups is 1. The van der Waals surface area contributed by atoms with Gasteiger partial charge in [-0.15, -0.1) is 13.9 Å². The first-order valence-electron chi connectivity index (χ1n) is 35.9. The fourth-order valence-electron chi connectivity index (χ4n) is 11.4. The first-order valence-corrected chi connectivity index (χ1v) is 41.9. The molecular formula is C62H92F5IN20O33P4+2. The molecule has 0 bridgehead atoms. The lowest BCUT2D eigenvalue weighted by atomic mass is 10.0. The van der Waals surface area contributed by atoms with Crippen molar-refractivity contribution in [2.45, 2.75) is 187 Å². The van der Waals surface area contributed by atoms with E-state index in [4.69, 9.17) is 94.8 Å². The normalized spacial score (nSPS) is 23.0. The van der Waals surface area contributed by atoms with Gasteiger partial charge in [-0.25, -0.2) is 53.4 Å². The van der Waals surface area contributed by atoms with Gasteiger partial charge in [0.1, 0.15) is 127 Å². The molecule has 17 atom stereocenters. The molecule has 1 unspecified atom stereocenters. The number of ether oxygens (including phenoxy) is 7. The van der Waals surface area contributed by atoms with Crippen molar-refractivity contribution in [1.29, 1.82) is 10.7 Å². The van der Waals surface area contributed by atoms with E-state index in [1.807, 2.05) is 0 Å². The summed E-state index contributed by atoms with van der Waals surface area (Å²) < 4.78 is 156. The van der Waals surface area contributed by atoms with Crippen LogP contribution >= 0.6 is 55.5 Å². The highest BCUT2D eigenvalue weighted by Gasteiger charge is 2.54. The third-order valence-corrected chi connectivity index (χ3v) is 19.8. The van der Waals surface area contributed by atoms with Crippen LogP contribution in [0.1, 0.15) is 97.7 Å². The third-order valence-electron chi connectivity index (χ3n) is 17.1. The van der Waals surface area contributed by atoms with E-state index < -0.39 is 202 Å². The van der Waals surface area contributed by atoms with Gasteiger partial charge >= 0.3 is 78.6 Å². The number of nitrogens with two attached hydrogens (primary N) is 4. The molecule has 5 aromatic rings. The minimum atomic E-state index is -4.87. The average Bonchev–Trinajstić information content (AvgIpc) is 1.63. The summed E-state index contributed by atoms with van der Waals surface area (Å²) in [4.78, 5) is 158. The van der Waals surface area contributed by atoms with Crippen LogP contribution in [-0.2, 0) is 93.4 Å². The van der Waals surface area contributed by atoms with Crippen LogP contribution in [0.2, 0.25) is 0 Å². The number of hydrogen-bond donors (Lipinski definition) is 17. The number of nitrogens with zero attached hydrogens (tertiary/aromatic N) is 12. The summed E-state index contributed by atoms with van der Waals surface area (Å²) in [6.07, 6.45) is -11.9. The van der Waals surface area contributed by atoms with E-state index in [0.717, 1.165) is 21.7 Å². The quantitative estimate of drug-likeness (QED) is 0.00201. The second kappa shape index (κ2) is 49.5. The highest BCUT2D eigenvalue weighted by atomic mass is 127. The minimum absolute atomic E-state index is 0. The number of aromatic nitrogens is 10. The predicted molar refractivity (Wildman–Crippen MR) is 419 cm³/mol. The molecule has 4 fully saturated rings. The maximum atomic E-state index is 13.2. The average molecular weight is 1990 g/mol. The van der Waals surface area contributed by atoms with E-state index in [2.05, 4.69) is 54.8 Å². The number of rotatable bonds is 37. The number of nitriles is 1. The Balaban J connectivity index is 0.000000365. The van der Waals surface area contributed by atoms with Crippen LogP contribution in [0.3, 0.4) is 0 Å². The van der Waals surface area contributed by atoms with Crippen LogP contribution in [0.5, 0.6) is 0 Å². The lowest BCUT2D eigenvalue weighted by Gasteiger charge is -2.25. The molecular weight excluding hydrogens is 1900 g/mol. The molecule has 9 rings (SSSR count). The number of esters is 2. The molecule has 5 aromatic heterocycles. The smallest absolute Gasteiger partial charge is 0.455 e. The third kappa shape index (κ3) is 33.7. The minimum Gasteiger partial charge on any atom is -0.455 e. The summed E-state index contributed by atoms with van der Waals surface area (Å²) >= 11 is 0.713. The second-order valence-corrected chi connectivity index (χ2v) is 32.4. The van der Waals surface area contributed by atoms with Crippen molar-refractivity contribution in [3.05, 3.63) is 60.3 Å². The number of aliphatic hydroxyl groups excluding tert-OH is 4. The molecule has 0 spiro atoms. The number of carbonyl (C=O) groups excluding carboxylic acids is 6. The molecule has 4 amide bonds. The maximum Gasteiger partial charge on any atom is 0.695 e. The Hall–Kier alpha value is -8.86. The Morgan fingerprint density at radius 1 is 0.824 bits per heavy atom. The first-order chi connectivity index (χ1) is 57.6. The Labute approximate surface area is 718 Å². The number of unbranched alkanes of at least 4 members (excludes halogenated alkanes) is 2. The number of amidine groups is 1. The number of imidazole rings is 2. The fraction of sp³-hybridized carbons (Fsp3) is 0.613. The van der Waals surface area contributed by atoms with Crippen LogP contribution in [0.4, 0.5) is 44.2 Å². The maximum absolute atomic E-state index is 13.2. The summed E-state index contributed by atoms with van der Waals surface area (Å²) in [5.74, 6) is -5.42. The number of alkyl halides is 6. The van der Waals surface area contributed by atoms with Crippen LogP contribution in [0.25, 0.3) is 22.3 Å². The molecule has 9 heterocycles. The van der Waals surface area contributed by atoms with Gasteiger partial charge in [0.2, 0.25) is 6.41 Å². The summed E-state index contributed by atoms with van der Waals surface area (Å²) in [6.45, 7) is 3.86. The van der Waals surface area contributed by atoms with E-state index in [1.165, 1.54) is 46.7 Å². The lowest BCUT2D eigenvalue weighted by molar-refractivity contribution is -0.173. The monoisotopic (exact) mass is 1990 g/mol. The number of fused-ring (bicyclic) bond motifs is 2. The molecule has 4 saturated heterocycles. The molecule has 0 aliphatic carbocycles. The van der Waals surface area contributed by atoms with Gasteiger partial charge in [0.25, 0.3) is 0 Å². The molecule has 0 saturated carbocycles. The van der Waals surface area contributed by atoms with Gasteiger partial charge in [-0.2, -0.15) is 46.5 Å². The topological polar surface area (TPSA) is 823 Å². The van der Waals surface area contributed by atoms with Crippen molar-refractivity contribution >= 4 is 137 Å². The van der Waals surface area contributed by atoms with Crippen LogP contribution in [0.15, 0.2) is 54.6 Å². The number of nitrogen functional groups attached to an aromatic ring is 3. The first kappa shape index (κ1) is 108. The summed E-state index contributed by atoms with van der Waals surface area (Å²) in [5, 5.41) is 63.5. The predicted octanol–water partition coefficient (Wildman–Crippen LogP) is -1.74. The lowest BCUT2D eigenvalue weighted by Crippen LogP contribution is -2.47. The van der Waals surface area contributed by atoms with Gasteiger partial charge in [0.05, 0.1) is 38.4 Å². The molecule has 125 heavy (non-hydrogen) atoms. The largest absolute Gasteiger partial charge is 0.695 e. The number of halogens is 6. The van der Waals surface area contributed by atoms with E-state index >= 15 is 0 Å². The van der Waals surface area contributed by atoms with Gasteiger partial charge in [0.15, 0.2) is 48.1 Å². The van der Waals surface area contributed by atoms with Crippen LogP contribution in [-0.4, -0.2) is 287 Å². The Kier molecular flexibility index (Phi) is 42.9. The number of phosphoric ester groups is 1. The van der Waals surface area contributed by atoms with Crippen molar-refractivity contribution in [2.75, 3.05) is 63.3 Å². The molecule has 63 heteroatoms. The van der Waals surface area contributed by atoms with E-state index in [-0.39, 0.29) is 115 Å². The van der Waals surface area contributed by atoms with Gasteiger partial charge in [0, 0.05) is 65.5 Å². The van der Waals surface area contributed by atoms with E-state index in [1.54, 1.807) is 39.1 Å². The van der Waals surface area contributed by atoms with Crippen molar-refractivity contribution < 1.29 is 176 Å². The zero-order chi connectivity index (χ0) is 91.6. The molecule has 698 valence electrons. The molecule has 53 nitrogen and oxygen atoms in total. The molecule has 4 aliphatic rings. The highest BCUT2D eigenvalue weighted by Crippen LogP contribution is 2.56. The molecule has 25 N–H and O–H groups in total. The molecule has 4 aliphatic heterocycles. The number of nitrogens with one attached hydrogen (secondary N) is 4. The Morgan fingerprint density at radius 3 is 1.93 bits per heavy atom. The van der Waals surface area contributed by atoms with Crippen LogP contribution in [0, 0.1) is 22.7 Å². The Morgan fingerprint density at radius 2 is 1.40 bits per heavy atom. The second-order valence-electron chi connectivity index (χ2n) is 27.3.